The lowest BCUT2D eigenvalue weighted by Crippen LogP contribution is -2.43. The number of likely N-dealkylation sites (N-methyl/N-ethyl adjacent to an activating group) is 1. The lowest BCUT2D eigenvalue weighted by molar-refractivity contribution is 0.0690. The van der Waals surface area contributed by atoms with Crippen molar-refractivity contribution in [2.45, 2.75) is 45.1 Å². The number of aryl methyl sites for hydroxylation is 2. The number of hydrogen-bond donors (Lipinski definition) is 1. The maximum absolute atomic E-state index is 13.7. The van der Waals surface area contributed by atoms with Gasteiger partial charge in [-0.05, 0) is 64.6 Å². The highest BCUT2D eigenvalue weighted by Crippen LogP contribution is 2.33. The lowest BCUT2D eigenvalue weighted by Gasteiger charge is -2.29. The minimum absolute atomic E-state index is 0.0269. The van der Waals surface area contributed by atoms with Crippen molar-refractivity contribution < 1.29 is 14.4 Å². The number of likely N-dealkylation sites (tertiary alicyclic amines) is 1. The van der Waals surface area contributed by atoms with Gasteiger partial charge in [-0.15, -0.1) is 0 Å². The van der Waals surface area contributed by atoms with E-state index in [0.29, 0.717) is 30.5 Å². The van der Waals surface area contributed by atoms with Gasteiger partial charge in [-0.3, -0.25) is 4.79 Å². The molecule has 1 saturated heterocycles. The summed E-state index contributed by atoms with van der Waals surface area (Å²) in [7, 11) is 4.11. The van der Waals surface area contributed by atoms with Crippen LogP contribution in [0.1, 0.15) is 46.6 Å². The van der Waals surface area contributed by atoms with Crippen LogP contribution in [-0.2, 0) is 12.8 Å². The van der Waals surface area contributed by atoms with E-state index in [2.05, 4.69) is 29.1 Å². The molecule has 2 atom stereocenters. The first-order valence-corrected chi connectivity index (χ1v) is 9.83. The van der Waals surface area contributed by atoms with Crippen molar-refractivity contribution in [3.63, 3.8) is 0 Å². The second-order valence-electron chi connectivity index (χ2n) is 8.17. The molecule has 2 aliphatic rings. The van der Waals surface area contributed by atoms with Gasteiger partial charge >= 0.3 is 0 Å². The van der Waals surface area contributed by atoms with Crippen LogP contribution in [0.5, 0.6) is 0 Å². The van der Waals surface area contributed by atoms with E-state index in [1.165, 1.54) is 0 Å². The van der Waals surface area contributed by atoms with Gasteiger partial charge in [0.15, 0.2) is 0 Å². The molecular weight excluding hydrogens is 344 g/mol. The molecule has 0 unspecified atom stereocenters. The van der Waals surface area contributed by atoms with Crippen LogP contribution in [0.3, 0.4) is 0 Å². The van der Waals surface area contributed by atoms with E-state index in [4.69, 9.17) is 4.52 Å². The van der Waals surface area contributed by atoms with Gasteiger partial charge in [-0.2, -0.15) is 0 Å². The molecule has 0 saturated carbocycles. The Balaban J connectivity index is 1.78. The smallest absolute Gasteiger partial charge is 0.259 e. The highest BCUT2D eigenvalue weighted by molar-refractivity contribution is 6.07. The third-order valence-corrected chi connectivity index (χ3v) is 6.13. The predicted octanol–water partition coefficient (Wildman–Crippen LogP) is 1.79. The van der Waals surface area contributed by atoms with Gasteiger partial charge in [0.05, 0.1) is 16.6 Å². The minimum atomic E-state index is 0.0269. The van der Waals surface area contributed by atoms with Gasteiger partial charge in [0, 0.05) is 31.4 Å². The van der Waals surface area contributed by atoms with Gasteiger partial charge in [0.25, 0.3) is 11.6 Å². The van der Waals surface area contributed by atoms with Crippen molar-refractivity contribution in [2.75, 3.05) is 33.8 Å². The van der Waals surface area contributed by atoms with Crippen LogP contribution in [-0.4, -0.2) is 70.8 Å². The van der Waals surface area contributed by atoms with Gasteiger partial charge in [-0.25, -0.2) is 4.98 Å². The van der Waals surface area contributed by atoms with Crippen molar-refractivity contribution in [1.82, 2.24) is 19.9 Å². The van der Waals surface area contributed by atoms with Crippen LogP contribution >= 0.6 is 0 Å². The molecule has 1 fully saturated rings. The summed E-state index contributed by atoms with van der Waals surface area (Å²) in [6.45, 7) is 3.24. The normalized spacial score (nSPS) is 23.1. The Morgan fingerprint density at radius 1 is 1.30 bits per heavy atom. The number of pyridine rings is 1. The Morgan fingerprint density at radius 2 is 2.11 bits per heavy atom. The van der Waals surface area contributed by atoms with Crippen molar-refractivity contribution in [3.8, 4) is 0 Å². The molecule has 0 aromatic carbocycles. The van der Waals surface area contributed by atoms with Gasteiger partial charge in [0.2, 0.25) is 0 Å². The van der Waals surface area contributed by atoms with Crippen LogP contribution in [0, 0.1) is 12.8 Å². The maximum Gasteiger partial charge on any atom is 0.259 e. The molecule has 0 bridgehead atoms. The second kappa shape index (κ2) is 7.20. The number of fused-ring (bicyclic) bond motifs is 2. The zero-order valence-electron chi connectivity index (χ0n) is 16.4. The van der Waals surface area contributed by atoms with Gasteiger partial charge in [-0.1, -0.05) is 5.16 Å². The van der Waals surface area contributed by atoms with Crippen molar-refractivity contribution in [3.05, 3.63) is 22.5 Å². The largest absolute Gasteiger partial charge is 0.396 e. The summed E-state index contributed by atoms with van der Waals surface area (Å²) >= 11 is 0. The summed E-state index contributed by atoms with van der Waals surface area (Å²) in [5, 5.41) is 14.6. The summed E-state index contributed by atoms with van der Waals surface area (Å²) in [5.41, 5.74) is 3.94. The first-order valence-electron chi connectivity index (χ1n) is 9.83. The average Bonchev–Trinajstić information content (AvgIpc) is 3.19. The fourth-order valence-corrected chi connectivity index (χ4v) is 4.50. The lowest BCUT2D eigenvalue weighted by atomic mass is 10.0. The van der Waals surface area contributed by atoms with Gasteiger partial charge < -0.3 is 19.4 Å². The highest BCUT2D eigenvalue weighted by atomic mass is 16.5. The fraction of sp³-hybridized carbons (Fsp3) is 0.650. The van der Waals surface area contributed by atoms with E-state index >= 15 is 0 Å². The molecule has 0 spiro atoms. The molecule has 1 aliphatic carbocycles. The monoisotopic (exact) mass is 372 g/mol. The third kappa shape index (κ3) is 3.23. The molecule has 27 heavy (non-hydrogen) atoms. The molecule has 7 heteroatoms. The van der Waals surface area contributed by atoms with Crippen LogP contribution in [0.25, 0.3) is 11.1 Å². The Kier molecular flexibility index (Phi) is 4.90. The Bertz CT molecular complexity index is 861. The standard InChI is InChI=1S/C20H28N4O3/c1-12-17-18(15-5-4-6-16(15)21-19(17)27-22-12)20(26)24-9-13(11-25)7-8-14(10-24)23(2)3/h13-14,25H,4-11H2,1-3H3/t13-,14+/m0/s1. The number of aliphatic hydroxyl groups excluding tert-OH is 1. The number of amides is 1. The van der Waals surface area contributed by atoms with E-state index in [1.807, 2.05) is 11.8 Å². The fourth-order valence-electron chi connectivity index (χ4n) is 4.50. The topological polar surface area (TPSA) is 82.7 Å². The maximum atomic E-state index is 13.7. The highest BCUT2D eigenvalue weighted by Gasteiger charge is 2.33. The molecule has 1 N–H and O–H groups in total. The number of aromatic nitrogens is 2. The van der Waals surface area contributed by atoms with E-state index < -0.39 is 0 Å². The SMILES string of the molecule is Cc1noc2nc3c(c(C(=O)N4C[C@@H](CO)CC[C@@H](N(C)C)C4)c12)CCC3. The molecule has 2 aromatic rings. The molecule has 2 aromatic heterocycles. The summed E-state index contributed by atoms with van der Waals surface area (Å²) < 4.78 is 5.40. The van der Waals surface area contributed by atoms with E-state index in [0.717, 1.165) is 54.3 Å². The number of carbonyl (C=O) groups is 1. The summed E-state index contributed by atoms with van der Waals surface area (Å²) in [5.74, 6) is 0.145. The summed E-state index contributed by atoms with van der Waals surface area (Å²) in [6, 6.07) is 0.291. The van der Waals surface area contributed by atoms with Gasteiger partial charge in [0.1, 0.15) is 0 Å². The Labute approximate surface area is 159 Å². The molecule has 4 rings (SSSR count). The van der Waals surface area contributed by atoms with Crippen LogP contribution in [0.4, 0.5) is 0 Å². The Hall–Kier alpha value is -1.99. The van der Waals surface area contributed by atoms with E-state index in [1.54, 1.807) is 0 Å². The number of aliphatic hydroxyl groups is 1. The van der Waals surface area contributed by atoms with Crippen molar-refractivity contribution in [1.29, 1.82) is 0 Å². The number of hydrogen-bond acceptors (Lipinski definition) is 6. The second-order valence-corrected chi connectivity index (χ2v) is 8.17. The van der Waals surface area contributed by atoms with Crippen LogP contribution in [0.15, 0.2) is 4.52 Å². The summed E-state index contributed by atoms with van der Waals surface area (Å²) in [4.78, 5) is 22.5. The first-order chi connectivity index (χ1) is 13.0. The van der Waals surface area contributed by atoms with Crippen LogP contribution < -0.4 is 0 Å². The van der Waals surface area contributed by atoms with Crippen LogP contribution in [0.2, 0.25) is 0 Å². The number of carbonyl (C=O) groups excluding carboxylic acids is 1. The zero-order valence-corrected chi connectivity index (χ0v) is 16.4. The van der Waals surface area contributed by atoms with Crippen molar-refractivity contribution in [2.24, 2.45) is 5.92 Å². The number of nitrogens with zero attached hydrogens (tertiary/aromatic N) is 4. The Morgan fingerprint density at radius 3 is 2.85 bits per heavy atom. The quantitative estimate of drug-likeness (QED) is 0.885. The zero-order chi connectivity index (χ0) is 19.1. The third-order valence-electron chi connectivity index (χ3n) is 6.13. The van der Waals surface area contributed by atoms with E-state index in [-0.39, 0.29) is 18.4 Å². The molecule has 1 aliphatic heterocycles. The minimum Gasteiger partial charge on any atom is -0.396 e. The van der Waals surface area contributed by atoms with Crippen molar-refractivity contribution >= 4 is 17.0 Å². The number of rotatable bonds is 3. The molecule has 146 valence electrons. The molecule has 0 radical (unpaired) electrons. The molecular formula is C20H28N4O3. The first kappa shape index (κ1) is 18.4. The molecule has 1 amide bonds. The predicted molar refractivity (Wildman–Crippen MR) is 102 cm³/mol. The average molecular weight is 372 g/mol. The summed E-state index contributed by atoms with van der Waals surface area (Å²) in [6.07, 6.45) is 4.68. The van der Waals surface area contributed by atoms with E-state index in [9.17, 15) is 9.90 Å². The molecule has 7 nitrogen and oxygen atoms in total. The molecule has 3 heterocycles.